The molecule has 6 heteroatoms. The third-order valence-electron chi connectivity index (χ3n) is 3.36. The van der Waals surface area contributed by atoms with Crippen LogP contribution >= 0.6 is 11.8 Å². The highest BCUT2D eigenvalue weighted by Gasteiger charge is 2.27. The fourth-order valence-electron chi connectivity index (χ4n) is 2.42. The Balaban J connectivity index is 2.07. The highest BCUT2D eigenvalue weighted by molar-refractivity contribution is 7.99. The highest BCUT2D eigenvalue weighted by Crippen LogP contribution is 2.31. The number of carboxylic acids is 1. The van der Waals surface area contributed by atoms with Crippen molar-refractivity contribution in [3.05, 3.63) is 17.5 Å². The van der Waals surface area contributed by atoms with Crippen LogP contribution in [0.25, 0.3) is 0 Å². The second kappa shape index (κ2) is 6.23. The van der Waals surface area contributed by atoms with Gasteiger partial charge < -0.3 is 10.4 Å². The molecule has 1 saturated carbocycles. The Bertz CT molecular complexity index is 467. The monoisotopic (exact) mass is 281 g/mol. The molecule has 0 aliphatic heterocycles. The van der Waals surface area contributed by atoms with E-state index >= 15 is 0 Å². The van der Waals surface area contributed by atoms with Crippen LogP contribution in [-0.2, 0) is 0 Å². The summed E-state index contributed by atoms with van der Waals surface area (Å²) in [6.45, 7) is 3.87. The van der Waals surface area contributed by atoms with Crippen molar-refractivity contribution >= 4 is 23.7 Å². The minimum atomic E-state index is -0.982. The van der Waals surface area contributed by atoms with Crippen LogP contribution in [0.15, 0.2) is 6.20 Å². The predicted molar refractivity (Wildman–Crippen MR) is 76.9 cm³/mol. The van der Waals surface area contributed by atoms with Crippen molar-refractivity contribution in [3.8, 4) is 0 Å². The molecule has 0 spiro atoms. The van der Waals surface area contributed by atoms with Gasteiger partial charge in [0.25, 0.3) is 0 Å². The molecule has 5 nitrogen and oxygen atoms in total. The number of nitrogens with zero attached hydrogens (tertiary/aromatic N) is 2. The Kier molecular flexibility index (Phi) is 4.63. The molecule has 104 valence electrons. The van der Waals surface area contributed by atoms with E-state index in [1.807, 2.05) is 11.8 Å². The standard InChI is InChI=1S/C13H19N3O2S/c1-3-19-11-6-4-5-10(11)16-13-14-7-9(12(17)18)8(2)15-13/h7,10-11H,3-6H2,1-2H3,(H,17,18)(H,14,15,16). The van der Waals surface area contributed by atoms with Gasteiger partial charge in [0.05, 0.1) is 11.3 Å². The summed E-state index contributed by atoms with van der Waals surface area (Å²) in [4.78, 5) is 19.3. The van der Waals surface area contributed by atoms with Gasteiger partial charge in [0, 0.05) is 17.5 Å². The topological polar surface area (TPSA) is 75.1 Å². The molecule has 0 radical (unpaired) electrons. The van der Waals surface area contributed by atoms with Crippen molar-refractivity contribution in [2.75, 3.05) is 11.1 Å². The Morgan fingerprint density at radius 3 is 3.00 bits per heavy atom. The summed E-state index contributed by atoms with van der Waals surface area (Å²) in [6.07, 6.45) is 4.95. The number of hydrogen-bond donors (Lipinski definition) is 2. The van der Waals surface area contributed by atoms with E-state index in [1.165, 1.54) is 19.0 Å². The molecule has 19 heavy (non-hydrogen) atoms. The van der Waals surface area contributed by atoms with Crippen LogP contribution in [0.4, 0.5) is 5.95 Å². The molecule has 0 bridgehead atoms. The lowest BCUT2D eigenvalue weighted by Crippen LogP contribution is -2.27. The fraction of sp³-hybridized carbons (Fsp3) is 0.615. The molecule has 0 saturated heterocycles. The van der Waals surface area contributed by atoms with E-state index in [-0.39, 0.29) is 5.56 Å². The summed E-state index contributed by atoms with van der Waals surface area (Å²) in [5.41, 5.74) is 0.666. The molecule has 0 amide bonds. The van der Waals surface area contributed by atoms with Crippen molar-refractivity contribution in [2.45, 2.75) is 44.4 Å². The van der Waals surface area contributed by atoms with Gasteiger partial charge in [-0.2, -0.15) is 11.8 Å². The van der Waals surface area contributed by atoms with E-state index in [4.69, 9.17) is 5.11 Å². The van der Waals surface area contributed by atoms with E-state index in [9.17, 15) is 4.79 Å². The third kappa shape index (κ3) is 3.37. The second-order valence-electron chi connectivity index (χ2n) is 4.67. The maximum absolute atomic E-state index is 10.9. The SMILES string of the molecule is CCSC1CCCC1Nc1ncc(C(=O)O)c(C)n1. The molecule has 1 heterocycles. The second-order valence-corrected chi connectivity index (χ2v) is 6.19. The molecule has 1 aliphatic rings. The minimum absolute atomic E-state index is 0.163. The molecule has 1 aromatic heterocycles. The fourth-order valence-corrected chi connectivity index (χ4v) is 3.62. The van der Waals surface area contributed by atoms with Crippen LogP contribution in [0, 0.1) is 6.92 Å². The number of aryl methyl sites for hydroxylation is 1. The van der Waals surface area contributed by atoms with Gasteiger partial charge in [-0.3, -0.25) is 0 Å². The van der Waals surface area contributed by atoms with E-state index in [0.29, 0.717) is 22.9 Å². The van der Waals surface area contributed by atoms with Gasteiger partial charge in [-0.05, 0) is 25.5 Å². The van der Waals surface area contributed by atoms with E-state index in [1.54, 1.807) is 6.92 Å². The summed E-state index contributed by atoms with van der Waals surface area (Å²) in [6, 6.07) is 0.389. The molecule has 2 rings (SSSR count). The summed E-state index contributed by atoms with van der Waals surface area (Å²) in [7, 11) is 0. The van der Waals surface area contributed by atoms with Crippen LogP contribution in [0.5, 0.6) is 0 Å². The van der Waals surface area contributed by atoms with Gasteiger partial charge in [-0.25, -0.2) is 14.8 Å². The lowest BCUT2D eigenvalue weighted by molar-refractivity contribution is 0.0695. The molecule has 1 aromatic rings. The molecule has 2 unspecified atom stereocenters. The number of hydrogen-bond acceptors (Lipinski definition) is 5. The maximum atomic E-state index is 10.9. The smallest absolute Gasteiger partial charge is 0.339 e. The van der Waals surface area contributed by atoms with Gasteiger partial charge in [-0.15, -0.1) is 0 Å². The summed E-state index contributed by atoms with van der Waals surface area (Å²) >= 11 is 1.97. The average molecular weight is 281 g/mol. The zero-order valence-electron chi connectivity index (χ0n) is 11.2. The van der Waals surface area contributed by atoms with Gasteiger partial charge in [0.15, 0.2) is 0 Å². The zero-order valence-corrected chi connectivity index (χ0v) is 12.0. The Morgan fingerprint density at radius 2 is 2.37 bits per heavy atom. The Labute approximate surface area is 117 Å². The first-order valence-corrected chi connectivity index (χ1v) is 7.61. The first-order valence-electron chi connectivity index (χ1n) is 6.57. The summed E-state index contributed by atoms with van der Waals surface area (Å²) < 4.78 is 0. The number of anilines is 1. The maximum Gasteiger partial charge on any atom is 0.339 e. The minimum Gasteiger partial charge on any atom is -0.478 e. The zero-order chi connectivity index (χ0) is 13.8. The third-order valence-corrected chi connectivity index (χ3v) is 4.68. The van der Waals surface area contributed by atoms with E-state index in [0.717, 1.165) is 12.2 Å². The highest BCUT2D eigenvalue weighted by atomic mass is 32.2. The molecule has 2 atom stereocenters. The van der Waals surface area contributed by atoms with Crippen molar-refractivity contribution < 1.29 is 9.90 Å². The van der Waals surface area contributed by atoms with Gasteiger partial charge in [-0.1, -0.05) is 13.3 Å². The predicted octanol–water partition coefficient (Wildman–Crippen LogP) is 2.57. The number of aromatic carboxylic acids is 1. The normalized spacial score (nSPS) is 22.4. The lowest BCUT2D eigenvalue weighted by atomic mass is 10.2. The van der Waals surface area contributed by atoms with Crippen molar-refractivity contribution in [2.24, 2.45) is 0 Å². The van der Waals surface area contributed by atoms with Gasteiger partial charge >= 0.3 is 5.97 Å². The first-order chi connectivity index (χ1) is 9.11. The van der Waals surface area contributed by atoms with Crippen LogP contribution in [-0.4, -0.2) is 38.1 Å². The van der Waals surface area contributed by atoms with Crippen LogP contribution in [0.2, 0.25) is 0 Å². The molecule has 0 aromatic carbocycles. The first kappa shape index (κ1) is 14.1. The number of nitrogens with one attached hydrogen (secondary N) is 1. The largest absolute Gasteiger partial charge is 0.478 e. The van der Waals surface area contributed by atoms with E-state index in [2.05, 4.69) is 22.2 Å². The average Bonchev–Trinajstić information content (AvgIpc) is 2.77. The van der Waals surface area contributed by atoms with Crippen molar-refractivity contribution in [3.63, 3.8) is 0 Å². The molecule has 1 aliphatic carbocycles. The Morgan fingerprint density at radius 1 is 1.58 bits per heavy atom. The number of carboxylic acid groups (broad SMARTS) is 1. The van der Waals surface area contributed by atoms with E-state index < -0.39 is 5.97 Å². The summed E-state index contributed by atoms with van der Waals surface area (Å²) in [5, 5.41) is 12.9. The van der Waals surface area contributed by atoms with Crippen LogP contribution in [0.3, 0.4) is 0 Å². The molecular formula is C13H19N3O2S. The van der Waals surface area contributed by atoms with Crippen LogP contribution in [0.1, 0.15) is 42.2 Å². The number of thioether (sulfide) groups is 1. The summed E-state index contributed by atoms with van der Waals surface area (Å²) in [5.74, 6) is 0.668. The molecule has 1 fully saturated rings. The van der Waals surface area contributed by atoms with Gasteiger partial charge in [0.1, 0.15) is 0 Å². The Hall–Kier alpha value is -1.30. The quantitative estimate of drug-likeness (QED) is 0.864. The van der Waals surface area contributed by atoms with Crippen molar-refractivity contribution in [1.29, 1.82) is 0 Å². The lowest BCUT2D eigenvalue weighted by Gasteiger charge is -2.20. The number of aromatic nitrogens is 2. The molecule has 2 N–H and O–H groups in total. The number of rotatable bonds is 5. The molecular weight excluding hydrogens is 262 g/mol. The van der Waals surface area contributed by atoms with Crippen molar-refractivity contribution in [1.82, 2.24) is 9.97 Å². The van der Waals surface area contributed by atoms with Gasteiger partial charge in [0.2, 0.25) is 5.95 Å². The number of carbonyl (C=O) groups is 1. The van der Waals surface area contributed by atoms with Crippen LogP contribution < -0.4 is 5.32 Å².